The number of nitrogens with zero attached hydrogens (tertiary/aromatic N) is 2. The number of nitrogens with one attached hydrogen (secondary N) is 1. The van der Waals surface area contributed by atoms with E-state index in [9.17, 15) is 9.59 Å². The van der Waals surface area contributed by atoms with Crippen molar-refractivity contribution in [3.05, 3.63) is 29.8 Å². The Labute approximate surface area is 160 Å². The molecule has 1 aliphatic rings. The molecule has 7 heteroatoms. The number of rotatable bonds is 6. The fourth-order valence-corrected chi connectivity index (χ4v) is 2.96. The average Bonchev–Trinajstić information content (AvgIpc) is 2.60. The topological polar surface area (TPSA) is 80.8 Å². The van der Waals surface area contributed by atoms with Crippen molar-refractivity contribution in [1.29, 1.82) is 0 Å². The number of carbonyl (C=O) groups is 2. The van der Waals surface area contributed by atoms with Gasteiger partial charge in [0.25, 0.3) is 0 Å². The number of alkyl carbamates (subject to hydrolysis) is 1. The van der Waals surface area contributed by atoms with Gasteiger partial charge in [-0.15, -0.1) is 0 Å². The van der Waals surface area contributed by atoms with E-state index in [1.54, 1.807) is 18.5 Å². The van der Waals surface area contributed by atoms with Gasteiger partial charge >= 0.3 is 6.09 Å². The molecular formula is C20H29N3O4. The summed E-state index contributed by atoms with van der Waals surface area (Å²) in [6, 6.07) is 1.92. The summed E-state index contributed by atoms with van der Waals surface area (Å²) in [5.41, 5.74) is 1.48. The van der Waals surface area contributed by atoms with Crippen LogP contribution < -0.4 is 10.2 Å². The number of piperidine rings is 1. The Morgan fingerprint density at radius 1 is 1.37 bits per heavy atom. The maximum atomic E-state index is 11.9. The smallest absolute Gasteiger partial charge is 0.407 e. The highest BCUT2D eigenvalue weighted by molar-refractivity contribution is 5.89. The van der Waals surface area contributed by atoms with Crippen LogP contribution in [-0.2, 0) is 9.47 Å². The molecule has 0 unspecified atom stereocenters. The van der Waals surface area contributed by atoms with E-state index in [1.807, 2.05) is 33.8 Å². The van der Waals surface area contributed by atoms with Crippen molar-refractivity contribution in [3.63, 3.8) is 0 Å². The number of anilines is 1. The van der Waals surface area contributed by atoms with E-state index < -0.39 is 5.60 Å². The van der Waals surface area contributed by atoms with Crippen LogP contribution in [0.1, 0.15) is 56.6 Å². The van der Waals surface area contributed by atoms with E-state index in [4.69, 9.17) is 9.47 Å². The van der Waals surface area contributed by atoms with Gasteiger partial charge < -0.3 is 19.7 Å². The van der Waals surface area contributed by atoms with Crippen molar-refractivity contribution in [3.8, 4) is 0 Å². The second-order valence-corrected chi connectivity index (χ2v) is 7.41. The maximum Gasteiger partial charge on any atom is 0.407 e. The van der Waals surface area contributed by atoms with Gasteiger partial charge in [0.15, 0.2) is 6.29 Å². The summed E-state index contributed by atoms with van der Waals surface area (Å²) in [4.78, 5) is 30.0. The quantitative estimate of drug-likeness (QED) is 0.606. The third kappa shape index (κ3) is 6.27. The largest absolute Gasteiger partial charge is 0.501 e. The average molecular weight is 375 g/mol. The summed E-state index contributed by atoms with van der Waals surface area (Å²) in [7, 11) is 0. The van der Waals surface area contributed by atoms with Gasteiger partial charge in [-0.1, -0.05) is 0 Å². The van der Waals surface area contributed by atoms with Crippen molar-refractivity contribution in [1.82, 2.24) is 10.3 Å². The Balaban J connectivity index is 2.00. The van der Waals surface area contributed by atoms with Gasteiger partial charge in [0.05, 0.1) is 29.8 Å². The molecular weight excluding hydrogens is 346 g/mol. The highest BCUT2D eigenvalue weighted by atomic mass is 16.6. The van der Waals surface area contributed by atoms with Crippen LogP contribution >= 0.6 is 0 Å². The lowest BCUT2D eigenvalue weighted by molar-refractivity contribution is 0.0497. The van der Waals surface area contributed by atoms with E-state index in [0.717, 1.165) is 37.9 Å². The lowest BCUT2D eigenvalue weighted by Gasteiger charge is -2.35. The predicted molar refractivity (Wildman–Crippen MR) is 105 cm³/mol. The van der Waals surface area contributed by atoms with Crippen LogP contribution in [0.2, 0.25) is 0 Å². The highest BCUT2D eigenvalue weighted by Crippen LogP contribution is 2.25. The summed E-state index contributed by atoms with van der Waals surface area (Å²) >= 11 is 0. The zero-order valence-corrected chi connectivity index (χ0v) is 16.5. The fraction of sp³-hybridized carbons (Fsp3) is 0.550. The minimum absolute atomic E-state index is 0.0648. The van der Waals surface area contributed by atoms with Crippen molar-refractivity contribution >= 4 is 24.1 Å². The lowest BCUT2D eigenvalue weighted by atomic mass is 10.0. The lowest BCUT2D eigenvalue weighted by Crippen LogP contribution is -2.46. The van der Waals surface area contributed by atoms with E-state index in [0.29, 0.717) is 17.9 Å². The Kier molecular flexibility index (Phi) is 7.21. The van der Waals surface area contributed by atoms with Crippen molar-refractivity contribution < 1.29 is 19.1 Å². The number of aldehydes is 1. The Morgan fingerprint density at radius 2 is 2.07 bits per heavy atom. The Hall–Kier alpha value is -2.57. The second kappa shape index (κ2) is 9.39. The van der Waals surface area contributed by atoms with Crippen LogP contribution in [0.15, 0.2) is 18.5 Å². The third-order valence-corrected chi connectivity index (χ3v) is 4.16. The highest BCUT2D eigenvalue weighted by Gasteiger charge is 2.25. The molecule has 2 heterocycles. The molecule has 1 fully saturated rings. The first-order valence-electron chi connectivity index (χ1n) is 9.31. The molecule has 1 aliphatic heterocycles. The van der Waals surface area contributed by atoms with Crippen LogP contribution in [0.5, 0.6) is 0 Å². The number of hydrogen-bond donors (Lipinski definition) is 1. The number of aromatic nitrogens is 1. The van der Waals surface area contributed by atoms with Crippen molar-refractivity contribution in [2.75, 3.05) is 24.6 Å². The van der Waals surface area contributed by atoms with Crippen LogP contribution in [-0.4, -0.2) is 48.7 Å². The zero-order valence-electron chi connectivity index (χ0n) is 16.5. The van der Waals surface area contributed by atoms with Crippen molar-refractivity contribution in [2.24, 2.45) is 0 Å². The van der Waals surface area contributed by atoms with Crippen LogP contribution in [0, 0.1) is 0 Å². The molecule has 148 valence electrons. The first-order chi connectivity index (χ1) is 12.8. The number of carbonyl (C=O) groups excluding carboxylic acids is 2. The number of ether oxygens (including phenoxy) is 2. The Morgan fingerprint density at radius 3 is 2.67 bits per heavy atom. The molecule has 1 saturated heterocycles. The molecule has 1 amide bonds. The van der Waals surface area contributed by atoms with Gasteiger partial charge in [-0.25, -0.2) is 4.79 Å². The molecule has 0 bridgehead atoms. The number of hydrogen-bond acceptors (Lipinski definition) is 6. The molecule has 0 radical (unpaired) electrons. The SMILES string of the molecule is CCO/C=C/c1nccc(N2CCC(NC(=O)OC(C)(C)C)CC2)c1C=O. The van der Waals surface area contributed by atoms with Gasteiger partial charge in [-0.2, -0.15) is 0 Å². The second-order valence-electron chi connectivity index (χ2n) is 7.41. The summed E-state index contributed by atoms with van der Waals surface area (Å²) in [5.74, 6) is 0. The molecule has 1 aromatic rings. The van der Waals surface area contributed by atoms with E-state index in [-0.39, 0.29) is 12.1 Å². The molecule has 1 aromatic heterocycles. The summed E-state index contributed by atoms with van der Waals surface area (Å²) < 4.78 is 10.5. The summed E-state index contributed by atoms with van der Waals surface area (Å²) in [6.45, 7) is 9.46. The molecule has 1 N–H and O–H groups in total. The normalized spacial score (nSPS) is 15.6. The van der Waals surface area contributed by atoms with Crippen molar-refractivity contribution in [2.45, 2.75) is 52.2 Å². The first-order valence-corrected chi connectivity index (χ1v) is 9.31. The molecule has 2 rings (SSSR count). The molecule has 0 aromatic carbocycles. The van der Waals surface area contributed by atoms with E-state index >= 15 is 0 Å². The van der Waals surface area contributed by atoms with Gasteiger partial charge in [0.1, 0.15) is 5.60 Å². The maximum absolute atomic E-state index is 11.9. The minimum Gasteiger partial charge on any atom is -0.501 e. The molecule has 7 nitrogen and oxygen atoms in total. The standard InChI is InChI=1S/C20H29N3O4/c1-5-26-13-9-17-16(14-24)18(6-10-21-17)23-11-7-15(8-12-23)22-19(25)27-20(2,3)4/h6,9-10,13-15H,5,7-8,11-12H2,1-4H3,(H,22,25)/b13-9+. The molecule has 0 saturated carbocycles. The summed E-state index contributed by atoms with van der Waals surface area (Å²) in [5, 5.41) is 2.92. The predicted octanol–water partition coefficient (Wildman–Crippen LogP) is 3.39. The molecule has 27 heavy (non-hydrogen) atoms. The first kappa shape index (κ1) is 20.7. The van der Waals surface area contributed by atoms with Gasteiger partial charge in [-0.05, 0) is 52.7 Å². The minimum atomic E-state index is -0.508. The fourth-order valence-electron chi connectivity index (χ4n) is 2.96. The Bertz CT molecular complexity index is 674. The molecule has 0 aliphatic carbocycles. The monoisotopic (exact) mass is 375 g/mol. The van der Waals surface area contributed by atoms with Gasteiger partial charge in [0, 0.05) is 25.3 Å². The van der Waals surface area contributed by atoms with Crippen LogP contribution in [0.25, 0.3) is 6.08 Å². The van der Waals surface area contributed by atoms with E-state index in [2.05, 4.69) is 15.2 Å². The summed E-state index contributed by atoms with van der Waals surface area (Å²) in [6.07, 6.45) is 6.96. The number of amides is 1. The van der Waals surface area contributed by atoms with Crippen LogP contribution in [0.3, 0.4) is 0 Å². The zero-order chi connectivity index (χ0) is 19.9. The molecule has 0 atom stereocenters. The molecule has 0 spiro atoms. The number of pyridine rings is 1. The van der Waals surface area contributed by atoms with E-state index in [1.165, 1.54) is 0 Å². The van der Waals surface area contributed by atoms with Crippen LogP contribution in [0.4, 0.5) is 10.5 Å². The van der Waals surface area contributed by atoms with Gasteiger partial charge in [0.2, 0.25) is 0 Å². The third-order valence-electron chi connectivity index (χ3n) is 4.16. The van der Waals surface area contributed by atoms with Gasteiger partial charge in [-0.3, -0.25) is 9.78 Å².